The quantitative estimate of drug-likeness (QED) is 0.498. The minimum absolute atomic E-state index is 0.0816. The number of hydrogen-bond donors (Lipinski definition) is 2. The van der Waals surface area contributed by atoms with E-state index in [9.17, 15) is 9.59 Å². The summed E-state index contributed by atoms with van der Waals surface area (Å²) in [7, 11) is 0. The molecule has 0 aliphatic heterocycles. The lowest BCUT2D eigenvalue weighted by molar-refractivity contribution is -0.120. The molecule has 0 saturated carbocycles. The number of aromatic nitrogens is 1. The highest BCUT2D eigenvalue weighted by molar-refractivity contribution is 7.13. The monoisotopic (exact) mass is 437 g/mol. The molecular weight excluding hydrogens is 410 g/mol. The first-order valence-corrected chi connectivity index (χ1v) is 11.1. The van der Waals surface area contributed by atoms with Gasteiger partial charge in [0, 0.05) is 17.8 Å². The molecule has 7 heteroatoms. The number of carbonyl (C=O) groups excluding carboxylic acids is 2. The molecule has 31 heavy (non-hydrogen) atoms. The molecule has 2 aromatic carbocycles. The molecule has 0 aliphatic carbocycles. The minimum atomic E-state index is -0.111. The van der Waals surface area contributed by atoms with Gasteiger partial charge >= 0.3 is 0 Å². The van der Waals surface area contributed by atoms with Crippen molar-refractivity contribution < 1.29 is 14.3 Å². The standard InChI is InChI=1S/C24H27N3O3S/c1-17(2)23(29)27-24-26-20(16-31-24)14-22(28)25-13-12-18-8-10-21(11-9-18)30-15-19-6-4-3-5-7-19/h3-11,16-17H,12-15H2,1-2H3,(H,25,28)(H,26,27,29). The van der Waals surface area contributed by atoms with E-state index in [2.05, 4.69) is 15.6 Å². The van der Waals surface area contributed by atoms with Crippen molar-refractivity contribution in [1.82, 2.24) is 10.3 Å². The van der Waals surface area contributed by atoms with Gasteiger partial charge in [0.2, 0.25) is 11.8 Å². The van der Waals surface area contributed by atoms with E-state index in [-0.39, 0.29) is 24.2 Å². The number of hydrogen-bond acceptors (Lipinski definition) is 5. The van der Waals surface area contributed by atoms with Crippen molar-refractivity contribution in [3.8, 4) is 5.75 Å². The van der Waals surface area contributed by atoms with Gasteiger partial charge < -0.3 is 15.4 Å². The van der Waals surface area contributed by atoms with Gasteiger partial charge in [-0.15, -0.1) is 11.3 Å². The third-order valence-corrected chi connectivity index (χ3v) is 5.36. The molecule has 1 heterocycles. The van der Waals surface area contributed by atoms with Crippen LogP contribution in [0.5, 0.6) is 5.75 Å². The molecule has 1 aromatic heterocycles. The van der Waals surface area contributed by atoms with E-state index >= 15 is 0 Å². The summed E-state index contributed by atoms with van der Waals surface area (Å²) in [5.41, 5.74) is 2.91. The fourth-order valence-corrected chi connectivity index (χ4v) is 3.47. The number of carbonyl (C=O) groups is 2. The van der Waals surface area contributed by atoms with Gasteiger partial charge in [-0.1, -0.05) is 56.3 Å². The zero-order valence-electron chi connectivity index (χ0n) is 17.8. The Balaban J connectivity index is 1.37. The molecule has 3 aromatic rings. The summed E-state index contributed by atoms with van der Waals surface area (Å²) in [6.45, 7) is 4.73. The average Bonchev–Trinajstić information content (AvgIpc) is 3.20. The number of anilines is 1. The van der Waals surface area contributed by atoms with Gasteiger partial charge in [-0.25, -0.2) is 4.98 Å². The van der Waals surface area contributed by atoms with Crippen molar-refractivity contribution in [2.45, 2.75) is 33.3 Å². The second-order valence-electron chi connectivity index (χ2n) is 7.48. The minimum Gasteiger partial charge on any atom is -0.489 e. The van der Waals surface area contributed by atoms with Gasteiger partial charge in [0.1, 0.15) is 12.4 Å². The van der Waals surface area contributed by atoms with Crippen LogP contribution in [0.15, 0.2) is 60.0 Å². The second kappa shape index (κ2) is 11.3. The highest BCUT2D eigenvalue weighted by Gasteiger charge is 2.11. The topological polar surface area (TPSA) is 80.3 Å². The molecule has 0 aliphatic rings. The summed E-state index contributed by atoms with van der Waals surface area (Å²) >= 11 is 1.33. The first kappa shape index (κ1) is 22.5. The smallest absolute Gasteiger partial charge is 0.228 e. The molecule has 3 rings (SSSR count). The van der Waals surface area contributed by atoms with Crippen LogP contribution in [0.25, 0.3) is 0 Å². The lowest BCUT2D eigenvalue weighted by atomic mass is 10.1. The van der Waals surface area contributed by atoms with E-state index in [1.54, 1.807) is 5.38 Å². The van der Waals surface area contributed by atoms with Crippen molar-refractivity contribution >= 4 is 28.3 Å². The Morgan fingerprint density at radius 3 is 2.48 bits per heavy atom. The highest BCUT2D eigenvalue weighted by atomic mass is 32.1. The van der Waals surface area contributed by atoms with Crippen LogP contribution >= 0.6 is 11.3 Å². The molecule has 0 unspecified atom stereocenters. The van der Waals surface area contributed by atoms with Crippen molar-refractivity contribution in [3.05, 3.63) is 76.8 Å². The summed E-state index contributed by atoms with van der Waals surface area (Å²) in [5, 5.41) is 7.98. The number of nitrogens with one attached hydrogen (secondary N) is 2. The Morgan fingerprint density at radius 2 is 1.77 bits per heavy atom. The van der Waals surface area contributed by atoms with Crippen molar-refractivity contribution in [3.63, 3.8) is 0 Å². The molecule has 2 amide bonds. The molecule has 6 nitrogen and oxygen atoms in total. The fourth-order valence-electron chi connectivity index (χ4n) is 2.76. The van der Waals surface area contributed by atoms with E-state index in [0.29, 0.717) is 24.0 Å². The van der Waals surface area contributed by atoms with E-state index in [0.717, 1.165) is 23.3 Å². The van der Waals surface area contributed by atoms with Gasteiger partial charge in [-0.2, -0.15) is 0 Å². The number of benzene rings is 2. The Kier molecular flexibility index (Phi) is 8.18. The van der Waals surface area contributed by atoms with Crippen molar-refractivity contribution in [1.29, 1.82) is 0 Å². The van der Waals surface area contributed by atoms with Gasteiger partial charge in [-0.3, -0.25) is 9.59 Å². The van der Waals surface area contributed by atoms with Crippen LogP contribution in [0.3, 0.4) is 0 Å². The molecule has 0 spiro atoms. The maximum absolute atomic E-state index is 12.2. The van der Waals surface area contributed by atoms with Gasteiger partial charge in [0.15, 0.2) is 5.13 Å². The SMILES string of the molecule is CC(C)C(=O)Nc1nc(CC(=O)NCCc2ccc(OCc3ccccc3)cc2)cs1. The normalized spacial score (nSPS) is 10.7. The van der Waals surface area contributed by atoms with Gasteiger partial charge in [-0.05, 0) is 29.7 Å². The van der Waals surface area contributed by atoms with Gasteiger partial charge in [0.25, 0.3) is 0 Å². The maximum Gasteiger partial charge on any atom is 0.228 e. The molecule has 2 N–H and O–H groups in total. The van der Waals surface area contributed by atoms with Crippen LogP contribution in [0.2, 0.25) is 0 Å². The van der Waals surface area contributed by atoms with Crippen LogP contribution in [-0.2, 0) is 29.0 Å². The molecule has 0 bridgehead atoms. The Morgan fingerprint density at radius 1 is 1.03 bits per heavy atom. The lowest BCUT2D eigenvalue weighted by Crippen LogP contribution is -2.27. The predicted molar refractivity (Wildman–Crippen MR) is 123 cm³/mol. The van der Waals surface area contributed by atoms with E-state index in [1.165, 1.54) is 11.3 Å². The number of nitrogens with zero attached hydrogens (tertiary/aromatic N) is 1. The summed E-state index contributed by atoms with van der Waals surface area (Å²) in [4.78, 5) is 28.2. The third kappa shape index (κ3) is 7.53. The van der Waals surface area contributed by atoms with Crippen LogP contribution < -0.4 is 15.4 Å². The zero-order chi connectivity index (χ0) is 22.1. The Bertz CT molecular complexity index is 985. The van der Waals surface area contributed by atoms with Crippen LogP contribution in [-0.4, -0.2) is 23.3 Å². The Hall–Kier alpha value is -3.19. The number of thiazole rings is 1. The Labute approximate surface area is 186 Å². The fraction of sp³-hybridized carbons (Fsp3) is 0.292. The lowest BCUT2D eigenvalue weighted by Gasteiger charge is -2.08. The van der Waals surface area contributed by atoms with Crippen LogP contribution in [0.4, 0.5) is 5.13 Å². The zero-order valence-corrected chi connectivity index (χ0v) is 18.6. The molecule has 0 radical (unpaired) electrons. The summed E-state index contributed by atoms with van der Waals surface area (Å²) in [6, 6.07) is 18.0. The first-order valence-electron chi connectivity index (χ1n) is 10.3. The van der Waals surface area contributed by atoms with E-state index in [4.69, 9.17) is 4.74 Å². The number of amides is 2. The maximum atomic E-state index is 12.2. The van der Waals surface area contributed by atoms with E-state index < -0.39 is 0 Å². The predicted octanol–water partition coefficient (Wildman–Crippen LogP) is 4.22. The third-order valence-electron chi connectivity index (χ3n) is 4.56. The summed E-state index contributed by atoms with van der Waals surface area (Å²) < 4.78 is 5.79. The van der Waals surface area contributed by atoms with E-state index in [1.807, 2.05) is 68.4 Å². The highest BCUT2D eigenvalue weighted by Crippen LogP contribution is 2.17. The average molecular weight is 438 g/mol. The molecule has 162 valence electrons. The molecule has 0 atom stereocenters. The van der Waals surface area contributed by atoms with Gasteiger partial charge in [0.05, 0.1) is 12.1 Å². The van der Waals surface area contributed by atoms with Crippen LogP contribution in [0, 0.1) is 5.92 Å². The van der Waals surface area contributed by atoms with Crippen molar-refractivity contribution in [2.75, 3.05) is 11.9 Å². The molecular formula is C24H27N3O3S. The number of ether oxygens (including phenoxy) is 1. The van der Waals surface area contributed by atoms with Crippen LogP contribution in [0.1, 0.15) is 30.7 Å². The number of rotatable bonds is 10. The first-order chi connectivity index (χ1) is 15.0. The van der Waals surface area contributed by atoms with Crippen molar-refractivity contribution in [2.24, 2.45) is 5.92 Å². The molecule has 0 fully saturated rings. The summed E-state index contributed by atoms with van der Waals surface area (Å²) in [5.74, 6) is 0.539. The summed E-state index contributed by atoms with van der Waals surface area (Å²) in [6.07, 6.45) is 0.928. The molecule has 0 saturated heterocycles. The second-order valence-corrected chi connectivity index (χ2v) is 8.34. The largest absolute Gasteiger partial charge is 0.489 e.